The molecule has 2 fully saturated rings. The van der Waals surface area contributed by atoms with E-state index in [1.165, 1.54) is 6.07 Å². The first-order chi connectivity index (χ1) is 13.1. The first kappa shape index (κ1) is 20.0. The molecule has 1 aromatic rings. The van der Waals surface area contributed by atoms with Gasteiger partial charge in [-0.05, 0) is 43.0 Å². The lowest BCUT2D eigenvalue weighted by atomic mass is 9.99. The second kappa shape index (κ2) is 10.0. The van der Waals surface area contributed by atoms with E-state index in [9.17, 15) is 14.3 Å². The molecule has 1 aromatic carbocycles. The van der Waals surface area contributed by atoms with E-state index in [1.807, 2.05) is 11.0 Å². The summed E-state index contributed by atoms with van der Waals surface area (Å²) in [5.74, 6) is 0.171. The zero-order valence-corrected chi connectivity index (χ0v) is 15.9. The van der Waals surface area contributed by atoms with Gasteiger partial charge in [-0.2, -0.15) is 0 Å². The fraction of sp³-hybridized carbons (Fsp3) is 0.650. The third kappa shape index (κ3) is 6.16. The topological polar surface area (TPSA) is 59.1 Å². The second-order valence-electron chi connectivity index (χ2n) is 7.62. The molecule has 2 aliphatic heterocycles. The Balaban J connectivity index is 1.33. The lowest BCUT2D eigenvalue weighted by molar-refractivity contribution is 0.117. The number of aliphatic hydroxyl groups excluding tert-OH is 1. The van der Waals surface area contributed by atoms with Crippen molar-refractivity contribution >= 4 is 6.03 Å². The number of nitrogens with zero attached hydrogens (tertiary/aromatic N) is 3. The van der Waals surface area contributed by atoms with Crippen LogP contribution in [0.2, 0.25) is 0 Å². The van der Waals surface area contributed by atoms with E-state index in [-0.39, 0.29) is 18.5 Å². The van der Waals surface area contributed by atoms with Crippen molar-refractivity contribution in [1.82, 2.24) is 20.0 Å². The smallest absolute Gasteiger partial charge is 0.317 e. The monoisotopic (exact) mass is 378 g/mol. The Bertz CT molecular complexity index is 607. The van der Waals surface area contributed by atoms with Crippen molar-refractivity contribution in [2.24, 2.45) is 5.92 Å². The number of carbonyl (C=O) groups excluding carboxylic acids is 1. The van der Waals surface area contributed by atoms with Gasteiger partial charge in [0, 0.05) is 59.0 Å². The molecule has 0 radical (unpaired) electrons. The summed E-state index contributed by atoms with van der Waals surface area (Å²) in [6, 6.07) is 6.70. The molecule has 0 aliphatic carbocycles. The van der Waals surface area contributed by atoms with E-state index in [0.717, 1.165) is 51.1 Å². The third-order valence-corrected chi connectivity index (χ3v) is 5.52. The number of likely N-dealkylation sites (tertiary alicyclic amines) is 1. The molecule has 1 atom stereocenters. The Hall–Kier alpha value is -1.70. The van der Waals surface area contributed by atoms with Crippen molar-refractivity contribution in [1.29, 1.82) is 0 Å². The molecule has 6 nitrogen and oxygen atoms in total. The van der Waals surface area contributed by atoms with Crippen molar-refractivity contribution in [2.75, 3.05) is 59.0 Å². The number of nitrogens with one attached hydrogen (secondary N) is 1. The average Bonchev–Trinajstić information content (AvgIpc) is 2.69. The number of piperidine rings is 1. The zero-order chi connectivity index (χ0) is 19.1. The molecular formula is C20H31FN4O2. The van der Waals surface area contributed by atoms with Gasteiger partial charge < -0.3 is 20.2 Å². The van der Waals surface area contributed by atoms with Gasteiger partial charge in [-0.1, -0.05) is 12.1 Å². The van der Waals surface area contributed by atoms with Gasteiger partial charge in [0.15, 0.2) is 0 Å². The number of aliphatic hydroxyl groups is 1. The van der Waals surface area contributed by atoms with E-state index in [0.29, 0.717) is 32.1 Å². The quantitative estimate of drug-likeness (QED) is 0.785. The van der Waals surface area contributed by atoms with Gasteiger partial charge in [0.05, 0.1) is 0 Å². The lowest BCUT2D eigenvalue weighted by Crippen LogP contribution is -2.52. The van der Waals surface area contributed by atoms with Crippen LogP contribution in [0.1, 0.15) is 18.4 Å². The Kier molecular flexibility index (Phi) is 7.43. The normalized spacial score (nSPS) is 22.0. The number of amides is 2. The van der Waals surface area contributed by atoms with Gasteiger partial charge in [0.25, 0.3) is 0 Å². The van der Waals surface area contributed by atoms with Crippen LogP contribution in [-0.2, 0) is 6.54 Å². The largest absolute Gasteiger partial charge is 0.396 e. The molecule has 2 N–H and O–H groups in total. The minimum absolute atomic E-state index is 0.00359. The summed E-state index contributed by atoms with van der Waals surface area (Å²) in [4.78, 5) is 18.8. The highest BCUT2D eigenvalue weighted by Crippen LogP contribution is 2.15. The van der Waals surface area contributed by atoms with Crippen molar-refractivity contribution in [2.45, 2.75) is 19.4 Å². The third-order valence-electron chi connectivity index (χ3n) is 5.52. The van der Waals surface area contributed by atoms with E-state index in [4.69, 9.17) is 0 Å². The van der Waals surface area contributed by atoms with E-state index in [1.54, 1.807) is 12.1 Å². The molecule has 0 spiro atoms. The predicted octanol–water partition coefficient (Wildman–Crippen LogP) is 1.36. The first-order valence-electron chi connectivity index (χ1n) is 9.97. The predicted molar refractivity (Wildman–Crippen MR) is 103 cm³/mol. The minimum atomic E-state index is -0.204. The summed E-state index contributed by atoms with van der Waals surface area (Å²) in [5, 5.41) is 12.3. The standard InChI is InChI=1S/C20H31FN4O2/c21-19-5-1-3-17(13-19)14-24-9-11-25(12-10-24)20(27)22-6-8-23-7-2-4-18(15-23)16-26/h1,3,5,13,18,26H,2,4,6-12,14-16H2,(H,22,27)/t18-/m0/s1. The molecule has 150 valence electrons. The molecule has 2 amide bonds. The van der Waals surface area contributed by atoms with Crippen LogP contribution in [0.4, 0.5) is 9.18 Å². The molecule has 7 heteroatoms. The summed E-state index contributed by atoms with van der Waals surface area (Å²) in [6.45, 7) is 7.40. The fourth-order valence-electron chi connectivity index (χ4n) is 3.94. The van der Waals surface area contributed by atoms with E-state index in [2.05, 4.69) is 15.1 Å². The van der Waals surface area contributed by atoms with E-state index < -0.39 is 0 Å². The number of piperazine rings is 1. The molecule has 27 heavy (non-hydrogen) atoms. The van der Waals surface area contributed by atoms with Crippen LogP contribution in [0.15, 0.2) is 24.3 Å². The summed E-state index contributed by atoms with van der Waals surface area (Å²) < 4.78 is 13.3. The first-order valence-corrected chi connectivity index (χ1v) is 9.97. The molecule has 0 saturated carbocycles. The molecule has 2 saturated heterocycles. The SMILES string of the molecule is O=C(NCCN1CCC[C@H](CO)C1)N1CCN(Cc2cccc(F)c2)CC1. The van der Waals surface area contributed by atoms with E-state index >= 15 is 0 Å². The summed E-state index contributed by atoms with van der Waals surface area (Å²) in [5.41, 5.74) is 0.968. The maximum atomic E-state index is 13.3. The van der Waals surface area contributed by atoms with Crippen LogP contribution >= 0.6 is 0 Å². The Morgan fingerprint density at radius 1 is 1.19 bits per heavy atom. The van der Waals surface area contributed by atoms with Gasteiger partial charge in [0.2, 0.25) is 0 Å². The number of halogens is 1. The fourth-order valence-corrected chi connectivity index (χ4v) is 3.94. The van der Waals surface area contributed by atoms with Crippen molar-refractivity contribution in [3.63, 3.8) is 0 Å². The van der Waals surface area contributed by atoms with Crippen LogP contribution in [0.3, 0.4) is 0 Å². The van der Waals surface area contributed by atoms with Crippen molar-refractivity contribution in [3.05, 3.63) is 35.6 Å². The maximum Gasteiger partial charge on any atom is 0.317 e. The summed E-state index contributed by atoms with van der Waals surface area (Å²) in [7, 11) is 0. The van der Waals surface area contributed by atoms with Crippen LogP contribution in [0, 0.1) is 11.7 Å². The summed E-state index contributed by atoms with van der Waals surface area (Å²) >= 11 is 0. The average molecular weight is 378 g/mol. The van der Waals surface area contributed by atoms with Gasteiger partial charge >= 0.3 is 6.03 Å². The Labute approximate surface area is 160 Å². The van der Waals surface area contributed by atoms with Crippen LogP contribution < -0.4 is 5.32 Å². The minimum Gasteiger partial charge on any atom is -0.396 e. The zero-order valence-electron chi connectivity index (χ0n) is 15.9. The van der Waals surface area contributed by atoms with Crippen LogP contribution in [-0.4, -0.2) is 84.8 Å². The van der Waals surface area contributed by atoms with Crippen LogP contribution in [0.25, 0.3) is 0 Å². The van der Waals surface area contributed by atoms with Gasteiger partial charge in [-0.15, -0.1) is 0 Å². The Morgan fingerprint density at radius 2 is 2.00 bits per heavy atom. The summed E-state index contributed by atoms with van der Waals surface area (Å²) in [6.07, 6.45) is 2.21. The number of benzene rings is 1. The van der Waals surface area contributed by atoms with Gasteiger partial charge in [0.1, 0.15) is 5.82 Å². The maximum absolute atomic E-state index is 13.3. The molecular weight excluding hydrogens is 347 g/mol. The van der Waals surface area contributed by atoms with Crippen molar-refractivity contribution in [3.8, 4) is 0 Å². The number of carbonyl (C=O) groups is 1. The molecule has 2 heterocycles. The molecule has 0 bridgehead atoms. The highest BCUT2D eigenvalue weighted by molar-refractivity contribution is 5.74. The number of urea groups is 1. The second-order valence-corrected chi connectivity index (χ2v) is 7.62. The molecule has 3 rings (SSSR count). The van der Waals surface area contributed by atoms with Gasteiger partial charge in [-0.3, -0.25) is 4.90 Å². The molecule has 2 aliphatic rings. The lowest BCUT2D eigenvalue weighted by Gasteiger charge is -2.35. The highest BCUT2D eigenvalue weighted by Gasteiger charge is 2.22. The number of rotatable bonds is 6. The highest BCUT2D eigenvalue weighted by atomic mass is 19.1. The molecule has 0 unspecified atom stereocenters. The van der Waals surface area contributed by atoms with Gasteiger partial charge in [-0.25, -0.2) is 9.18 Å². The molecule has 0 aromatic heterocycles. The number of hydrogen-bond donors (Lipinski definition) is 2. The number of hydrogen-bond acceptors (Lipinski definition) is 4. The van der Waals surface area contributed by atoms with Crippen LogP contribution in [0.5, 0.6) is 0 Å². The Morgan fingerprint density at radius 3 is 2.74 bits per heavy atom. The van der Waals surface area contributed by atoms with Crippen molar-refractivity contribution < 1.29 is 14.3 Å².